The Morgan fingerprint density at radius 3 is 2.44 bits per heavy atom. The van der Waals surface area contributed by atoms with Crippen LogP contribution in [0.15, 0.2) is 72.8 Å². The van der Waals surface area contributed by atoms with Gasteiger partial charge in [-0.15, -0.1) is 11.8 Å². The summed E-state index contributed by atoms with van der Waals surface area (Å²) in [5.41, 5.74) is 1.32. The second-order valence-electron chi connectivity index (χ2n) is 10.6. The van der Waals surface area contributed by atoms with Crippen LogP contribution in [0.2, 0.25) is 0 Å². The third-order valence-corrected chi connectivity index (χ3v) is 11.6. The lowest BCUT2D eigenvalue weighted by atomic mass is 9.70. The number of anilines is 2. The van der Waals surface area contributed by atoms with Crippen LogP contribution in [0.1, 0.15) is 19.8 Å². The van der Waals surface area contributed by atoms with E-state index >= 15 is 0 Å². The van der Waals surface area contributed by atoms with E-state index in [-0.39, 0.29) is 34.4 Å². The number of fused-ring (bicyclic) bond motifs is 2. The third-order valence-electron chi connectivity index (χ3n) is 8.41. The molecule has 3 aliphatic heterocycles. The molecule has 0 aromatic heterocycles. The van der Waals surface area contributed by atoms with Crippen molar-refractivity contribution in [2.75, 3.05) is 17.2 Å². The SMILES string of the molecule is CC[C@@H](CO)N1C(=O)[C@@H]2[C@H](C(=O)Nc3ccccc3)[C@H]3SC2(CC3Br)C1C(=O)Nc1ccc2ccccc2c1. The molecule has 3 aromatic rings. The van der Waals surface area contributed by atoms with Crippen LogP contribution in [-0.4, -0.2) is 61.2 Å². The number of benzene rings is 3. The fourth-order valence-corrected chi connectivity index (χ4v) is 10.3. The zero-order valence-corrected chi connectivity index (χ0v) is 23.8. The van der Waals surface area contributed by atoms with Crippen LogP contribution in [0, 0.1) is 11.8 Å². The van der Waals surface area contributed by atoms with Crippen LogP contribution >= 0.6 is 27.7 Å². The van der Waals surface area contributed by atoms with E-state index in [0.717, 1.165) is 10.8 Å². The highest BCUT2D eigenvalue weighted by molar-refractivity contribution is 9.09. The van der Waals surface area contributed by atoms with Crippen molar-refractivity contribution in [2.45, 2.75) is 46.7 Å². The second-order valence-corrected chi connectivity index (χ2v) is 13.3. The molecule has 3 heterocycles. The Bertz CT molecular complexity index is 1430. The maximum absolute atomic E-state index is 14.2. The molecule has 3 fully saturated rings. The number of nitrogens with one attached hydrogen (secondary N) is 2. The molecule has 0 aliphatic carbocycles. The molecule has 3 N–H and O–H groups in total. The number of hydrogen-bond donors (Lipinski definition) is 3. The van der Waals surface area contributed by atoms with Crippen molar-refractivity contribution in [1.29, 1.82) is 0 Å². The van der Waals surface area contributed by atoms with Gasteiger partial charge in [0.05, 0.1) is 29.2 Å². The summed E-state index contributed by atoms with van der Waals surface area (Å²) in [5, 5.41) is 18.2. The van der Waals surface area contributed by atoms with Crippen molar-refractivity contribution in [1.82, 2.24) is 4.90 Å². The monoisotopic (exact) mass is 607 g/mol. The molecule has 3 amide bonds. The van der Waals surface area contributed by atoms with E-state index in [2.05, 4.69) is 26.6 Å². The number of thioether (sulfide) groups is 1. The summed E-state index contributed by atoms with van der Waals surface area (Å²) in [6.07, 6.45) is 1.08. The number of hydrogen-bond acceptors (Lipinski definition) is 5. The summed E-state index contributed by atoms with van der Waals surface area (Å²) < 4.78 is -0.780. The van der Waals surface area contributed by atoms with Crippen molar-refractivity contribution in [3.05, 3.63) is 72.8 Å². The molecule has 3 saturated heterocycles. The van der Waals surface area contributed by atoms with E-state index in [9.17, 15) is 19.5 Å². The van der Waals surface area contributed by atoms with Crippen molar-refractivity contribution in [3.63, 3.8) is 0 Å². The van der Waals surface area contributed by atoms with E-state index in [1.165, 1.54) is 0 Å². The smallest absolute Gasteiger partial charge is 0.248 e. The zero-order valence-electron chi connectivity index (χ0n) is 21.4. The molecule has 39 heavy (non-hydrogen) atoms. The van der Waals surface area contributed by atoms with Gasteiger partial charge in [-0.25, -0.2) is 0 Å². The molecule has 7 atom stereocenters. The number of rotatable bonds is 7. The number of likely N-dealkylation sites (tertiary alicyclic amines) is 1. The Morgan fingerprint density at radius 2 is 1.72 bits per heavy atom. The Kier molecular flexibility index (Phi) is 6.93. The molecule has 3 aromatic carbocycles. The summed E-state index contributed by atoms with van der Waals surface area (Å²) in [6.45, 7) is 1.65. The number of aliphatic hydroxyl groups is 1. The number of carbonyl (C=O) groups is 3. The molecule has 2 bridgehead atoms. The Labute approximate surface area is 239 Å². The number of nitrogens with zero attached hydrogens (tertiary/aromatic N) is 1. The van der Waals surface area contributed by atoms with Gasteiger partial charge in [-0.1, -0.05) is 71.4 Å². The minimum absolute atomic E-state index is 0.0248. The molecule has 7 nitrogen and oxygen atoms in total. The van der Waals surface area contributed by atoms with E-state index in [0.29, 0.717) is 24.2 Å². The van der Waals surface area contributed by atoms with Crippen LogP contribution in [0.25, 0.3) is 10.8 Å². The van der Waals surface area contributed by atoms with Gasteiger partial charge in [0, 0.05) is 21.5 Å². The maximum Gasteiger partial charge on any atom is 0.248 e. The summed E-state index contributed by atoms with van der Waals surface area (Å²) in [5.74, 6) is -1.98. The Hall–Kier alpha value is -2.88. The summed E-state index contributed by atoms with van der Waals surface area (Å²) in [6, 6.07) is 21.6. The van der Waals surface area contributed by atoms with E-state index < -0.39 is 28.7 Å². The number of alkyl halides is 1. The molecule has 3 aliphatic rings. The summed E-state index contributed by atoms with van der Waals surface area (Å²) >= 11 is 5.38. The van der Waals surface area contributed by atoms with Gasteiger partial charge in [0.2, 0.25) is 17.7 Å². The van der Waals surface area contributed by atoms with Crippen molar-refractivity contribution in [3.8, 4) is 0 Å². The first kappa shape index (κ1) is 26.3. The minimum Gasteiger partial charge on any atom is -0.394 e. The van der Waals surface area contributed by atoms with Gasteiger partial charge in [-0.05, 0) is 47.9 Å². The highest BCUT2D eigenvalue weighted by atomic mass is 79.9. The molecule has 9 heteroatoms. The standard InChI is InChI=1S/C30H30BrN3O4S/c1-2-21(16-35)34-26(28(37)33-20-13-12-17-8-6-7-9-18(17)14-20)30-15-22(31)25(39-30)23(24(30)29(34)38)27(36)32-19-10-4-3-5-11-19/h3-14,21-26,35H,2,15-16H2,1H3,(H,32,36)(H,33,37)/t21-,22?,23-,24-,25-,26?,30?/m0/s1. The first-order chi connectivity index (χ1) is 18.9. The van der Waals surface area contributed by atoms with E-state index in [4.69, 9.17) is 0 Å². The average molecular weight is 609 g/mol. The van der Waals surface area contributed by atoms with Gasteiger partial charge in [0.1, 0.15) is 6.04 Å². The Morgan fingerprint density at radius 1 is 1.03 bits per heavy atom. The fraction of sp³-hybridized carbons (Fsp3) is 0.367. The summed E-state index contributed by atoms with van der Waals surface area (Å²) in [7, 11) is 0. The molecule has 6 rings (SSSR count). The number of carbonyl (C=O) groups excluding carboxylic acids is 3. The predicted molar refractivity (Wildman–Crippen MR) is 158 cm³/mol. The number of halogens is 1. The first-order valence-corrected chi connectivity index (χ1v) is 15.1. The van der Waals surface area contributed by atoms with Gasteiger partial charge in [-0.3, -0.25) is 14.4 Å². The van der Waals surface area contributed by atoms with Crippen molar-refractivity contribution in [2.24, 2.45) is 11.8 Å². The van der Waals surface area contributed by atoms with Crippen LogP contribution in [0.3, 0.4) is 0 Å². The molecule has 202 valence electrons. The number of para-hydroxylation sites is 1. The quantitative estimate of drug-likeness (QED) is 0.340. The Balaban J connectivity index is 1.37. The summed E-state index contributed by atoms with van der Waals surface area (Å²) in [4.78, 5) is 43.5. The van der Waals surface area contributed by atoms with E-state index in [1.807, 2.05) is 79.7 Å². The van der Waals surface area contributed by atoms with Crippen LogP contribution in [0.4, 0.5) is 11.4 Å². The van der Waals surface area contributed by atoms with Crippen LogP contribution < -0.4 is 10.6 Å². The first-order valence-electron chi connectivity index (χ1n) is 13.3. The largest absolute Gasteiger partial charge is 0.394 e. The lowest BCUT2D eigenvalue weighted by Gasteiger charge is -2.37. The van der Waals surface area contributed by atoms with Crippen molar-refractivity contribution < 1.29 is 19.5 Å². The molecular formula is C30H30BrN3O4S. The normalized spacial score (nSPS) is 29.9. The minimum atomic E-state index is -0.817. The van der Waals surface area contributed by atoms with Gasteiger partial charge in [0.25, 0.3) is 0 Å². The topological polar surface area (TPSA) is 98.7 Å². The van der Waals surface area contributed by atoms with Gasteiger partial charge in [0.15, 0.2) is 0 Å². The highest BCUT2D eigenvalue weighted by Gasteiger charge is 2.76. The molecule has 0 radical (unpaired) electrons. The van der Waals surface area contributed by atoms with Crippen molar-refractivity contribution >= 4 is 67.6 Å². The fourth-order valence-electron chi connectivity index (χ4n) is 6.70. The zero-order chi connectivity index (χ0) is 27.3. The maximum atomic E-state index is 14.2. The van der Waals surface area contributed by atoms with Gasteiger partial charge < -0.3 is 20.6 Å². The third kappa shape index (κ3) is 4.26. The molecule has 3 unspecified atom stereocenters. The van der Waals surface area contributed by atoms with Crippen LogP contribution in [0.5, 0.6) is 0 Å². The number of amides is 3. The molecule has 0 saturated carbocycles. The number of aliphatic hydroxyl groups excluding tert-OH is 1. The van der Waals surface area contributed by atoms with E-state index in [1.54, 1.807) is 16.7 Å². The lowest BCUT2D eigenvalue weighted by Crippen LogP contribution is -2.55. The lowest BCUT2D eigenvalue weighted by molar-refractivity contribution is -0.141. The molecule has 1 spiro atoms. The predicted octanol–water partition coefficient (Wildman–Crippen LogP) is 4.65. The average Bonchev–Trinajstić information content (AvgIpc) is 3.53. The van der Waals surface area contributed by atoms with Gasteiger partial charge >= 0.3 is 0 Å². The second kappa shape index (κ2) is 10.3. The highest BCUT2D eigenvalue weighted by Crippen LogP contribution is 2.68. The van der Waals surface area contributed by atoms with Gasteiger partial charge in [-0.2, -0.15) is 0 Å². The van der Waals surface area contributed by atoms with Crippen LogP contribution in [-0.2, 0) is 14.4 Å². The molecular weight excluding hydrogens is 578 g/mol.